The van der Waals surface area contributed by atoms with Crippen molar-refractivity contribution in [1.29, 1.82) is 0 Å². The molecule has 3 rings (SSSR count). The van der Waals surface area contributed by atoms with Crippen molar-refractivity contribution in [2.75, 3.05) is 0 Å². The highest BCUT2D eigenvalue weighted by atomic mass is 19.1. The first kappa shape index (κ1) is 16.0. The van der Waals surface area contributed by atoms with Crippen LogP contribution >= 0.6 is 0 Å². The van der Waals surface area contributed by atoms with Gasteiger partial charge in [-0.3, -0.25) is 4.79 Å². The van der Waals surface area contributed by atoms with Crippen molar-refractivity contribution in [1.82, 2.24) is 9.78 Å². The van der Waals surface area contributed by atoms with E-state index < -0.39 is 11.9 Å². The van der Waals surface area contributed by atoms with Gasteiger partial charge in [0.05, 0.1) is 18.3 Å². The molecule has 1 N–H and O–H groups in total. The van der Waals surface area contributed by atoms with E-state index in [0.717, 1.165) is 4.68 Å². The van der Waals surface area contributed by atoms with Gasteiger partial charge in [0.15, 0.2) is 0 Å². The number of hydrogen-bond acceptors (Lipinski definition) is 3. The quantitative estimate of drug-likeness (QED) is 0.801. The minimum Gasteiger partial charge on any atom is -0.386 e. The van der Waals surface area contributed by atoms with Crippen molar-refractivity contribution in [3.8, 4) is 11.3 Å². The van der Waals surface area contributed by atoms with Crippen LogP contribution in [-0.2, 0) is 6.54 Å². The number of aliphatic hydroxyl groups excluding tert-OH is 1. The van der Waals surface area contributed by atoms with Gasteiger partial charge >= 0.3 is 0 Å². The van der Waals surface area contributed by atoms with Gasteiger partial charge in [0.1, 0.15) is 11.6 Å². The third kappa shape index (κ3) is 3.55. The zero-order valence-electron chi connectivity index (χ0n) is 12.6. The summed E-state index contributed by atoms with van der Waals surface area (Å²) in [5.74, 6) is -0.765. The van der Waals surface area contributed by atoms with E-state index in [2.05, 4.69) is 5.10 Å². The van der Waals surface area contributed by atoms with Crippen LogP contribution in [0.4, 0.5) is 8.78 Å². The number of benzene rings is 2. The molecule has 122 valence electrons. The van der Waals surface area contributed by atoms with E-state index in [0.29, 0.717) is 16.8 Å². The molecule has 0 amide bonds. The van der Waals surface area contributed by atoms with Crippen molar-refractivity contribution in [2.24, 2.45) is 0 Å². The first-order valence-corrected chi connectivity index (χ1v) is 7.30. The monoisotopic (exact) mass is 328 g/mol. The van der Waals surface area contributed by atoms with Crippen LogP contribution in [0.5, 0.6) is 0 Å². The van der Waals surface area contributed by atoms with E-state index in [9.17, 15) is 18.7 Å². The summed E-state index contributed by atoms with van der Waals surface area (Å²) in [6, 6.07) is 14.0. The van der Waals surface area contributed by atoms with Crippen LogP contribution in [0.3, 0.4) is 0 Å². The van der Waals surface area contributed by atoms with Crippen LogP contribution in [0, 0.1) is 11.6 Å². The standard InChI is InChI=1S/C18H14F2N2O2/c19-14-5-1-12(2-6-14)16-9-10-18(24)22(21-16)11-17(23)13-3-7-15(20)8-4-13/h1-10,17,23H,11H2/t17-/m1/s1. The molecule has 0 radical (unpaired) electrons. The molecule has 0 saturated heterocycles. The maximum Gasteiger partial charge on any atom is 0.266 e. The fourth-order valence-electron chi connectivity index (χ4n) is 2.31. The van der Waals surface area contributed by atoms with Gasteiger partial charge in [0.25, 0.3) is 5.56 Å². The molecule has 0 bridgehead atoms. The smallest absolute Gasteiger partial charge is 0.266 e. The Morgan fingerprint density at radius 1 is 0.917 bits per heavy atom. The molecule has 6 heteroatoms. The largest absolute Gasteiger partial charge is 0.386 e. The van der Waals surface area contributed by atoms with Gasteiger partial charge in [-0.15, -0.1) is 0 Å². The Balaban J connectivity index is 1.87. The second-order valence-electron chi connectivity index (χ2n) is 5.31. The maximum absolute atomic E-state index is 13.0. The van der Waals surface area contributed by atoms with Crippen LogP contribution in [0.15, 0.2) is 65.5 Å². The fourth-order valence-corrected chi connectivity index (χ4v) is 2.31. The first-order valence-electron chi connectivity index (χ1n) is 7.30. The zero-order valence-corrected chi connectivity index (χ0v) is 12.6. The van der Waals surface area contributed by atoms with Gasteiger partial charge in [0.2, 0.25) is 0 Å². The third-order valence-corrected chi connectivity index (χ3v) is 3.61. The Morgan fingerprint density at radius 2 is 1.50 bits per heavy atom. The highest BCUT2D eigenvalue weighted by Gasteiger charge is 2.11. The van der Waals surface area contributed by atoms with Crippen LogP contribution < -0.4 is 5.56 Å². The average Bonchev–Trinajstić information content (AvgIpc) is 2.58. The summed E-state index contributed by atoms with van der Waals surface area (Å²) < 4.78 is 27.1. The summed E-state index contributed by atoms with van der Waals surface area (Å²) >= 11 is 0. The molecule has 0 aliphatic rings. The topological polar surface area (TPSA) is 55.1 Å². The van der Waals surface area contributed by atoms with Gasteiger partial charge in [0, 0.05) is 11.6 Å². The molecule has 2 aromatic carbocycles. The van der Waals surface area contributed by atoms with E-state index in [-0.39, 0.29) is 17.9 Å². The number of nitrogens with zero attached hydrogens (tertiary/aromatic N) is 2. The number of aliphatic hydroxyl groups is 1. The normalized spacial score (nSPS) is 12.1. The molecule has 3 aromatic rings. The third-order valence-electron chi connectivity index (χ3n) is 3.61. The van der Waals surface area contributed by atoms with Crippen molar-refractivity contribution < 1.29 is 13.9 Å². The minimum atomic E-state index is -1.00. The predicted octanol–water partition coefficient (Wildman–Crippen LogP) is 2.92. The lowest BCUT2D eigenvalue weighted by molar-refractivity contribution is 0.149. The van der Waals surface area contributed by atoms with Crippen molar-refractivity contribution >= 4 is 0 Å². The van der Waals surface area contributed by atoms with Crippen LogP contribution in [0.1, 0.15) is 11.7 Å². The summed E-state index contributed by atoms with van der Waals surface area (Å²) in [6.45, 7) is -0.0699. The number of rotatable bonds is 4. The van der Waals surface area contributed by atoms with E-state index in [1.807, 2.05) is 0 Å². The highest BCUT2D eigenvalue weighted by molar-refractivity contribution is 5.57. The molecule has 0 aliphatic carbocycles. The van der Waals surface area contributed by atoms with Crippen LogP contribution in [-0.4, -0.2) is 14.9 Å². The van der Waals surface area contributed by atoms with Gasteiger partial charge in [-0.05, 0) is 48.0 Å². The molecule has 0 aliphatic heterocycles. The van der Waals surface area contributed by atoms with E-state index in [4.69, 9.17) is 0 Å². The zero-order chi connectivity index (χ0) is 17.1. The van der Waals surface area contributed by atoms with Gasteiger partial charge in [-0.1, -0.05) is 12.1 Å². The van der Waals surface area contributed by atoms with Crippen LogP contribution in [0.25, 0.3) is 11.3 Å². The SMILES string of the molecule is O=c1ccc(-c2ccc(F)cc2)nn1C[C@@H](O)c1ccc(F)cc1. The Hall–Kier alpha value is -2.86. The molecular formula is C18H14F2N2O2. The Morgan fingerprint density at radius 3 is 2.12 bits per heavy atom. The lowest BCUT2D eigenvalue weighted by Crippen LogP contribution is -2.25. The number of halogens is 2. The Labute approximate surface area is 136 Å². The average molecular weight is 328 g/mol. The predicted molar refractivity (Wildman–Crippen MR) is 85.3 cm³/mol. The van der Waals surface area contributed by atoms with Gasteiger partial charge in [-0.25, -0.2) is 13.5 Å². The minimum absolute atomic E-state index is 0.0699. The van der Waals surface area contributed by atoms with E-state index in [1.165, 1.54) is 48.5 Å². The summed E-state index contributed by atoms with van der Waals surface area (Å²) in [4.78, 5) is 11.9. The molecule has 0 unspecified atom stereocenters. The number of hydrogen-bond donors (Lipinski definition) is 1. The van der Waals surface area contributed by atoms with Crippen LogP contribution in [0.2, 0.25) is 0 Å². The molecular weight excluding hydrogens is 314 g/mol. The summed E-state index contributed by atoms with van der Waals surface area (Å²) in [7, 11) is 0. The molecule has 1 atom stereocenters. The molecule has 0 spiro atoms. The summed E-state index contributed by atoms with van der Waals surface area (Å²) in [5, 5.41) is 14.4. The van der Waals surface area contributed by atoms with Crippen molar-refractivity contribution in [2.45, 2.75) is 12.6 Å². The Kier molecular flexibility index (Phi) is 4.48. The van der Waals surface area contributed by atoms with Gasteiger partial charge in [-0.2, -0.15) is 5.10 Å². The lowest BCUT2D eigenvalue weighted by atomic mass is 10.1. The van der Waals surface area contributed by atoms with E-state index in [1.54, 1.807) is 12.1 Å². The van der Waals surface area contributed by atoms with Gasteiger partial charge < -0.3 is 5.11 Å². The highest BCUT2D eigenvalue weighted by Crippen LogP contribution is 2.17. The molecule has 1 heterocycles. The maximum atomic E-state index is 13.0. The summed E-state index contributed by atoms with van der Waals surface area (Å²) in [6.07, 6.45) is -1.00. The summed E-state index contributed by atoms with van der Waals surface area (Å²) in [5.41, 5.74) is 1.25. The molecule has 24 heavy (non-hydrogen) atoms. The molecule has 1 aromatic heterocycles. The number of aromatic nitrogens is 2. The molecule has 0 fully saturated rings. The molecule has 4 nitrogen and oxygen atoms in total. The second-order valence-corrected chi connectivity index (χ2v) is 5.31. The fraction of sp³-hybridized carbons (Fsp3) is 0.111. The van der Waals surface area contributed by atoms with Crippen molar-refractivity contribution in [3.05, 3.63) is 88.2 Å². The van der Waals surface area contributed by atoms with Crippen molar-refractivity contribution in [3.63, 3.8) is 0 Å². The second kappa shape index (κ2) is 6.72. The lowest BCUT2D eigenvalue weighted by Gasteiger charge is -2.13. The van der Waals surface area contributed by atoms with E-state index >= 15 is 0 Å². The Bertz CT molecular complexity index is 890. The molecule has 0 saturated carbocycles. The first-order chi connectivity index (χ1) is 11.5.